The summed E-state index contributed by atoms with van der Waals surface area (Å²) in [4.78, 5) is 37.3. The summed E-state index contributed by atoms with van der Waals surface area (Å²) in [5.74, 6) is -1.75. The number of aliphatic carboxylic acids is 1. The third-order valence-corrected chi connectivity index (χ3v) is 3.38. The maximum absolute atomic E-state index is 12.5. The molecule has 8 nitrogen and oxygen atoms in total. The number of nitrogens with two attached hydrogens (primary N) is 1. The summed E-state index contributed by atoms with van der Waals surface area (Å²) in [6, 6.07) is -1.58. The highest BCUT2D eigenvalue weighted by atomic mass is 16.5. The average molecular weight is 287 g/mol. The number of hydrogen-bond donors (Lipinski definition) is 2. The molecule has 1 aliphatic rings. The van der Waals surface area contributed by atoms with Crippen molar-refractivity contribution >= 4 is 17.9 Å². The van der Waals surface area contributed by atoms with Crippen molar-refractivity contribution in [1.29, 1.82) is 0 Å². The van der Waals surface area contributed by atoms with Crippen molar-refractivity contribution in [2.75, 3.05) is 26.3 Å². The van der Waals surface area contributed by atoms with Crippen LogP contribution in [0.3, 0.4) is 0 Å². The Hall–Kier alpha value is -1.83. The molecule has 2 unspecified atom stereocenters. The first-order valence-electron chi connectivity index (χ1n) is 6.54. The average Bonchev–Trinajstić information content (AvgIpc) is 2.42. The number of morpholine rings is 1. The molecular weight excluding hydrogens is 266 g/mol. The van der Waals surface area contributed by atoms with Crippen LogP contribution in [0.15, 0.2) is 0 Å². The Kier molecular flexibility index (Phi) is 5.75. The molecule has 3 amide bonds. The first kappa shape index (κ1) is 16.2. The molecule has 3 N–H and O–H groups in total. The van der Waals surface area contributed by atoms with Gasteiger partial charge in [0.25, 0.3) is 0 Å². The number of ether oxygens (including phenoxy) is 1. The van der Waals surface area contributed by atoms with E-state index in [1.54, 1.807) is 6.92 Å². The van der Waals surface area contributed by atoms with Crippen LogP contribution in [0.25, 0.3) is 0 Å². The lowest BCUT2D eigenvalue weighted by Crippen LogP contribution is -2.59. The maximum Gasteiger partial charge on any atom is 0.323 e. The zero-order valence-corrected chi connectivity index (χ0v) is 11.7. The van der Waals surface area contributed by atoms with Crippen LogP contribution < -0.4 is 5.73 Å². The van der Waals surface area contributed by atoms with Gasteiger partial charge in [0.05, 0.1) is 13.2 Å². The van der Waals surface area contributed by atoms with Gasteiger partial charge in [-0.2, -0.15) is 0 Å². The minimum Gasteiger partial charge on any atom is -0.480 e. The molecule has 0 aliphatic carbocycles. The number of primary amides is 1. The van der Waals surface area contributed by atoms with Crippen molar-refractivity contribution in [3.05, 3.63) is 0 Å². The molecule has 2 atom stereocenters. The first-order valence-corrected chi connectivity index (χ1v) is 6.54. The van der Waals surface area contributed by atoms with Crippen LogP contribution in [0, 0.1) is 0 Å². The van der Waals surface area contributed by atoms with Crippen molar-refractivity contribution in [2.24, 2.45) is 5.73 Å². The Balaban J connectivity index is 2.90. The molecule has 0 saturated carbocycles. The lowest BCUT2D eigenvalue weighted by molar-refractivity contribution is -0.138. The highest BCUT2D eigenvalue weighted by molar-refractivity contribution is 5.87. The molecule has 1 aliphatic heterocycles. The van der Waals surface area contributed by atoms with E-state index in [4.69, 9.17) is 15.6 Å². The van der Waals surface area contributed by atoms with Gasteiger partial charge < -0.3 is 25.4 Å². The number of rotatable bonds is 5. The molecule has 1 heterocycles. The van der Waals surface area contributed by atoms with Crippen LogP contribution in [-0.4, -0.2) is 71.2 Å². The van der Waals surface area contributed by atoms with E-state index in [0.29, 0.717) is 13.0 Å². The van der Waals surface area contributed by atoms with Crippen LogP contribution >= 0.6 is 0 Å². The molecule has 0 bridgehead atoms. The fraction of sp³-hybridized carbons (Fsp3) is 0.750. The number of carbonyl (C=O) groups excluding carboxylic acids is 2. The van der Waals surface area contributed by atoms with Crippen molar-refractivity contribution < 1.29 is 24.2 Å². The summed E-state index contributed by atoms with van der Waals surface area (Å²) in [7, 11) is 0. The van der Waals surface area contributed by atoms with Crippen molar-refractivity contribution in [3.63, 3.8) is 0 Å². The van der Waals surface area contributed by atoms with Gasteiger partial charge in [-0.3, -0.25) is 9.59 Å². The smallest absolute Gasteiger partial charge is 0.323 e. The number of nitrogens with zero attached hydrogens (tertiary/aromatic N) is 2. The number of carboxylic acids is 1. The second-order valence-corrected chi connectivity index (χ2v) is 4.75. The van der Waals surface area contributed by atoms with E-state index in [0.717, 1.165) is 0 Å². The summed E-state index contributed by atoms with van der Waals surface area (Å²) in [5.41, 5.74) is 5.26. The second-order valence-electron chi connectivity index (χ2n) is 4.75. The molecule has 1 rings (SSSR count). The molecule has 0 aromatic rings. The molecule has 0 spiro atoms. The molecule has 0 aromatic heterocycles. The van der Waals surface area contributed by atoms with Crippen molar-refractivity contribution in [3.8, 4) is 0 Å². The zero-order chi connectivity index (χ0) is 15.3. The standard InChI is InChI=1S/C12H21N3O5/c1-3-8(2)15(6-10(16)17)12(19)14-4-5-20-7-9(14)11(13)18/h8-9H,3-7H2,1-2H3,(H2,13,18)(H,16,17). The van der Waals surface area contributed by atoms with Crippen LogP contribution in [0.1, 0.15) is 20.3 Å². The van der Waals surface area contributed by atoms with Gasteiger partial charge in [0, 0.05) is 12.6 Å². The number of amides is 3. The van der Waals surface area contributed by atoms with Gasteiger partial charge in [0.15, 0.2) is 0 Å². The van der Waals surface area contributed by atoms with E-state index in [-0.39, 0.29) is 19.2 Å². The summed E-state index contributed by atoms with van der Waals surface area (Å²) in [6.45, 7) is 3.79. The Morgan fingerprint density at radius 2 is 2.15 bits per heavy atom. The fourth-order valence-corrected chi connectivity index (χ4v) is 2.01. The monoisotopic (exact) mass is 287 g/mol. The largest absolute Gasteiger partial charge is 0.480 e. The van der Waals surface area contributed by atoms with E-state index in [2.05, 4.69) is 0 Å². The van der Waals surface area contributed by atoms with E-state index in [1.807, 2.05) is 6.92 Å². The number of hydrogen-bond acceptors (Lipinski definition) is 4. The molecule has 1 fully saturated rings. The molecule has 8 heteroatoms. The third kappa shape index (κ3) is 3.83. The van der Waals surface area contributed by atoms with Crippen molar-refractivity contribution in [2.45, 2.75) is 32.4 Å². The van der Waals surface area contributed by atoms with Crippen molar-refractivity contribution in [1.82, 2.24) is 9.80 Å². The Morgan fingerprint density at radius 1 is 1.50 bits per heavy atom. The van der Waals surface area contributed by atoms with Crippen LogP contribution in [0.4, 0.5) is 4.79 Å². The highest BCUT2D eigenvalue weighted by Gasteiger charge is 2.35. The molecule has 0 aromatic carbocycles. The van der Waals surface area contributed by atoms with E-state index >= 15 is 0 Å². The maximum atomic E-state index is 12.5. The minimum atomic E-state index is -1.09. The van der Waals surface area contributed by atoms with E-state index in [1.165, 1.54) is 9.80 Å². The fourth-order valence-electron chi connectivity index (χ4n) is 2.01. The van der Waals surface area contributed by atoms with E-state index < -0.39 is 30.5 Å². The van der Waals surface area contributed by atoms with Crippen LogP contribution in [0.2, 0.25) is 0 Å². The first-order chi connectivity index (χ1) is 9.38. The Labute approximate surface area is 117 Å². The molecule has 114 valence electrons. The van der Waals surface area contributed by atoms with Crippen LogP contribution in [0.5, 0.6) is 0 Å². The van der Waals surface area contributed by atoms with Gasteiger partial charge in [-0.15, -0.1) is 0 Å². The van der Waals surface area contributed by atoms with Gasteiger partial charge in [-0.05, 0) is 13.3 Å². The molecule has 20 heavy (non-hydrogen) atoms. The summed E-state index contributed by atoms with van der Waals surface area (Å²) < 4.78 is 5.14. The van der Waals surface area contributed by atoms with Gasteiger partial charge in [-0.1, -0.05) is 6.92 Å². The highest BCUT2D eigenvalue weighted by Crippen LogP contribution is 2.14. The third-order valence-electron chi connectivity index (χ3n) is 3.38. The normalized spacial score (nSPS) is 20.3. The summed E-state index contributed by atoms with van der Waals surface area (Å²) in [6.07, 6.45) is 0.616. The zero-order valence-electron chi connectivity index (χ0n) is 11.7. The Bertz CT molecular complexity index is 383. The predicted octanol–water partition coefficient (Wildman–Crippen LogP) is -0.522. The van der Waals surface area contributed by atoms with E-state index in [9.17, 15) is 14.4 Å². The predicted molar refractivity (Wildman–Crippen MR) is 70.0 cm³/mol. The minimum absolute atomic E-state index is 0.0441. The molecular formula is C12H21N3O5. The molecule has 0 radical (unpaired) electrons. The van der Waals surface area contributed by atoms with Gasteiger partial charge in [-0.25, -0.2) is 4.79 Å². The lowest BCUT2D eigenvalue weighted by Gasteiger charge is -2.38. The number of carboxylic acid groups (broad SMARTS) is 1. The summed E-state index contributed by atoms with van der Waals surface area (Å²) in [5, 5.41) is 8.92. The molecule has 1 saturated heterocycles. The quantitative estimate of drug-likeness (QED) is 0.706. The van der Waals surface area contributed by atoms with Gasteiger partial charge in [0.1, 0.15) is 12.6 Å². The number of carbonyl (C=O) groups is 3. The number of urea groups is 1. The SMILES string of the molecule is CCC(C)N(CC(=O)O)C(=O)N1CCOCC1C(N)=O. The second kappa shape index (κ2) is 7.09. The van der Waals surface area contributed by atoms with Gasteiger partial charge in [0.2, 0.25) is 5.91 Å². The topological polar surface area (TPSA) is 113 Å². The van der Waals surface area contributed by atoms with Gasteiger partial charge >= 0.3 is 12.0 Å². The summed E-state index contributed by atoms with van der Waals surface area (Å²) >= 11 is 0. The lowest BCUT2D eigenvalue weighted by atomic mass is 10.2. The van der Waals surface area contributed by atoms with Crippen LogP contribution in [-0.2, 0) is 14.3 Å². The Morgan fingerprint density at radius 3 is 2.65 bits per heavy atom.